The lowest BCUT2D eigenvalue weighted by atomic mass is 9.96. The number of ketones is 1. The predicted octanol–water partition coefficient (Wildman–Crippen LogP) is 2.49. The molecule has 0 aliphatic rings. The third kappa shape index (κ3) is 3.17. The minimum Gasteiger partial charge on any atom is -0.462 e. The first-order chi connectivity index (χ1) is 8.65. The van der Waals surface area contributed by atoms with Gasteiger partial charge in [-0.3, -0.25) is 9.59 Å². The van der Waals surface area contributed by atoms with Gasteiger partial charge in [0.1, 0.15) is 0 Å². The molecule has 0 unspecified atom stereocenters. The van der Waals surface area contributed by atoms with Gasteiger partial charge in [-0.25, -0.2) is 4.79 Å². The molecule has 0 atom stereocenters. The second kappa shape index (κ2) is 6.91. The van der Waals surface area contributed by atoms with Crippen LogP contribution in [0.5, 0.6) is 0 Å². The lowest BCUT2D eigenvalue weighted by Gasteiger charge is -2.09. The molecule has 5 heteroatoms. The fraction of sp³-hybridized carbons (Fsp3) is 0.308. The molecular weight excluding hydrogens is 256 g/mol. The Balaban J connectivity index is 3.28. The van der Waals surface area contributed by atoms with E-state index in [0.29, 0.717) is 6.29 Å². The van der Waals surface area contributed by atoms with Gasteiger partial charge >= 0.3 is 5.97 Å². The van der Waals surface area contributed by atoms with E-state index in [-0.39, 0.29) is 41.4 Å². The highest BCUT2D eigenvalue weighted by atomic mass is 35.5. The minimum absolute atomic E-state index is 0.0683. The Morgan fingerprint density at radius 1 is 1.39 bits per heavy atom. The van der Waals surface area contributed by atoms with Crippen molar-refractivity contribution in [1.82, 2.24) is 0 Å². The molecule has 18 heavy (non-hydrogen) atoms. The summed E-state index contributed by atoms with van der Waals surface area (Å²) in [5.74, 6) is -0.816. The van der Waals surface area contributed by atoms with Crippen molar-refractivity contribution < 1.29 is 19.1 Å². The maximum atomic E-state index is 11.9. The second-order valence-corrected chi connectivity index (χ2v) is 3.85. The first-order valence-corrected chi connectivity index (χ1v) is 6.03. The van der Waals surface area contributed by atoms with Crippen LogP contribution < -0.4 is 0 Å². The standard InChI is InChI=1S/C13H13ClO4/c1-2-18-13(17)10-5-3-4-9(8-15)12(10)11(16)6-7-14/h3-5,8H,2,6-7H2,1H3. The summed E-state index contributed by atoms with van der Waals surface area (Å²) in [5, 5.41) is 0. The van der Waals surface area contributed by atoms with E-state index in [9.17, 15) is 14.4 Å². The number of esters is 1. The second-order valence-electron chi connectivity index (χ2n) is 3.47. The van der Waals surface area contributed by atoms with Gasteiger partial charge < -0.3 is 4.74 Å². The normalized spacial score (nSPS) is 9.89. The molecule has 0 amide bonds. The molecule has 1 rings (SSSR count). The number of aldehydes is 1. The van der Waals surface area contributed by atoms with Crippen molar-refractivity contribution in [3.05, 3.63) is 34.9 Å². The predicted molar refractivity (Wildman–Crippen MR) is 67.5 cm³/mol. The Bertz CT molecular complexity index is 468. The molecule has 0 saturated heterocycles. The zero-order valence-corrected chi connectivity index (χ0v) is 10.7. The zero-order valence-electron chi connectivity index (χ0n) is 9.94. The SMILES string of the molecule is CCOC(=O)c1cccc(C=O)c1C(=O)CCCl. The van der Waals surface area contributed by atoms with E-state index in [1.807, 2.05) is 0 Å². The van der Waals surface area contributed by atoms with Crippen LogP contribution in [0.25, 0.3) is 0 Å². The van der Waals surface area contributed by atoms with Crippen molar-refractivity contribution in [3.63, 3.8) is 0 Å². The minimum atomic E-state index is -0.612. The maximum Gasteiger partial charge on any atom is 0.338 e. The highest BCUT2D eigenvalue weighted by molar-refractivity contribution is 6.20. The van der Waals surface area contributed by atoms with Crippen LogP contribution in [0.3, 0.4) is 0 Å². The summed E-state index contributed by atoms with van der Waals surface area (Å²) in [6.07, 6.45) is 0.614. The van der Waals surface area contributed by atoms with Gasteiger partial charge in [-0.1, -0.05) is 12.1 Å². The van der Waals surface area contributed by atoms with Crippen molar-refractivity contribution in [2.24, 2.45) is 0 Å². The summed E-state index contributed by atoms with van der Waals surface area (Å²) >= 11 is 5.51. The number of alkyl halides is 1. The summed E-state index contributed by atoms with van der Waals surface area (Å²) in [4.78, 5) is 34.6. The van der Waals surface area contributed by atoms with Crippen molar-refractivity contribution >= 4 is 29.6 Å². The molecule has 0 saturated carbocycles. The molecule has 0 aromatic heterocycles. The van der Waals surface area contributed by atoms with Crippen LogP contribution in [-0.4, -0.2) is 30.5 Å². The van der Waals surface area contributed by atoms with Crippen LogP contribution in [0.2, 0.25) is 0 Å². The van der Waals surface area contributed by atoms with E-state index < -0.39 is 5.97 Å². The maximum absolute atomic E-state index is 11.9. The fourth-order valence-electron chi connectivity index (χ4n) is 1.57. The van der Waals surface area contributed by atoms with Crippen LogP contribution in [0.15, 0.2) is 18.2 Å². The Hall–Kier alpha value is -1.68. The number of Topliss-reactive ketones (excluding diaryl/α,β-unsaturated/α-hetero) is 1. The molecule has 0 fully saturated rings. The molecule has 1 aromatic carbocycles. The highest BCUT2D eigenvalue weighted by Crippen LogP contribution is 2.17. The van der Waals surface area contributed by atoms with Gasteiger partial charge in [-0.2, -0.15) is 0 Å². The van der Waals surface area contributed by atoms with E-state index in [0.717, 1.165) is 0 Å². The Morgan fingerprint density at radius 2 is 2.11 bits per heavy atom. The zero-order chi connectivity index (χ0) is 13.5. The summed E-state index contributed by atoms with van der Waals surface area (Å²) < 4.78 is 4.86. The van der Waals surface area contributed by atoms with Gasteiger partial charge in [-0.15, -0.1) is 11.6 Å². The van der Waals surface area contributed by atoms with E-state index in [2.05, 4.69) is 0 Å². The van der Waals surface area contributed by atoms with Crippen molar-refractivity contribution in [2.45, 2.75) is 13.3 Å². The monoisotopic (exact) mass is 268 g/mol. The number of benzene rings is 1. The quantitative estimate of drug-likeness (QED) is 0.344. The third-order valence-electron chi connectivity index (χ3n) is 2.32. The lowest BCUT2D eigenvalue weighted by molar-refractivity contribution is 0.0523. The van der Waals surface area contributed by atoms with Gasteiger partial charge in [-0.05, 0) is 13.0 Å². The van der Waals surface area contributed by atoms with Gasteiger partial charge in [0.15, 0.2) is 12.1 Å². The smallest absolute Gasteiger partial charge is 0.338 e. The van der Waals surface area contributed by atoms with E-state index in [1.165, 1.54) is 18.2 Å². The molecule has 0 spiro atoms. The number of rotatable bonds is 6. The molecule has 1 aromatic rings. The summed E-state index contributed by atoms with van der Waals surface area (Å²) in [6.45, 7) is 1.87. The van der Waals surface area contributed by atoms with Gasteiger partial charge in [0.25, 0.3) is 0 Å². The molecule has 0 aliphatic heterocycles. The molecule has 4 nitrogen and oxygen atoms in total. The first kappa shape index (κ1) is 14.4. The van der Waals surface area contributed by atoms with Crippen molar-refractivity contribution in [1.29, 1.82) is 0 Å². The molecule has 0 heterocycles. The number of carbonyl (C=O) groups excluding carboxylic acids is 3. The van der Waals surface area contributed by atoms with Crippen LogP contribution in [-0.2, 0) is 4.74 Å². The number of hydrogen-bond donors (Lipinski definition) is 0. The molecule has 0 aliphatic carbocycles. The molecule has 96 valence electrons. The third-order valence-corrected chi connectivity index (χ3v) is 2.51. The Kier molecular flexibility index (Phi) is 5.52. The van der Waals surface area contributed by atoms with E-state index in [4.69, 9.17) is 16.3 Å². The van der Waals surface area contributed by atoms with Crippen LogP contribution in [0.4, 0.5) is 0 Å². The molecule has 0 bridgehead atoms. The molecule has 0 radical (unpaired) electrons. The van der Waals surface area contributed by atoms with Crippen LogP contribution in [0, 0.1) is 0 Å². The lowest BCUT2D eigenvalue weighted by Crippen LogP contribution is -2.14. The number of halogens is 1. The number of hydrogen-bond acceptors (Lipinski definition) is 4. The Labute approximate surface area is 110 Å². The summed E-state index contributed by atoms with van der Waals surface area (Å²) in [5.41, 5.74) is 0.374. The van der Waals surface area contributed by atoms with Gasteiger partial charge in [0, 0.05) is 23.4 Å². The molecule has 0 N–H and O–H groups in total. The highest BCUT2D eigenvalue weighted by Gasteiger charge is 2.20. The van der Waals surface area contributed by atoms with Crippen molar-refractivity contribution in [2.75, 3.05) is 12.5 Å². The van der Waals surface area contributed by atoms with E-state index >= 15 is 0 Å². The largest absolute Gasteiger partial charge is 0.462 e. The van der Waals surface area contributed by atoms with E-state index in [1.54, 1.807) is 6.92 Å². The van der Waals surface area contributed by atoms with Crippen molar-refractivity contribution in [3.8, 4) is 0 Å². The summed E-state index contributed by atoms with van der Waals surface area (Å²) in [6, 6.07) is 4.48. The molecular formula is C13H13ClO4. The number of carbonyl (C=O) groups is 3. The van der Waals surface area contributed by atoms with Crippen LogP contribution in [0.1, 0.15) is 44.4 Å². The number of ether oxygens (including phenoxy) is 1. The Morgan fingerprint density at radius 3 is 2.67 bits per heavy atom. The van der Waals surface area contributed by atoms with Crippen LogP contribution >= 0.6 is 11.6 Å². The summed E-state index contributed by atoms with van der Waals surface area (Å²) in [7, 11) is 0. The average Bonchev–Trinajstić information content (AvgIpc) is 2.38. The first-order valence-electron chi connectivity index (χ1n) is 5.50. The average molecular weight is 269 g/mol. The topological polar surface area (TPSA) is 60.4 Å². The fourth-order valence-corrected chi connectivity index (χ4v) is 1.74. The van der Waals surface area contributed by atoms with Gasteiger partial charge in [0.05, 0.1) is 12.2 Å². The van der Waals surface area contributed by atoms with Gasteiger partial charge in [0.2, 0.25) is 0 Å².